The molecular formula is C25H23N3O2S2. The Balaban J connectivity index is 1.37. The van der Waals surface area contributed by atoms with Crippen LogP contribution in [0.2, 0.25) is 0 Å². The quantitative estimate of drug-likeness (QED) is 0.422. The first-order valence-electron chi connectivity index (χ1n) is 10.6. The van der Waals surface area contributed by atoms with Gasteiger partial charge in [-0.05, 0) is 41.6 Å². The van der Waals surface area contributed by atoms with E-state index in [2.05, 4.69) is 45.2 Å². The molecule has 1 atom stereocenters. The third-order valence-corrected chi connectivity index (χ3v) is 7.91. The molecule has 2 aromatic heterocycles. The van der Waals surface area contributed by atoms with Crippen LogP contribution in [-0.2, 0) is 23.1 Å². The average Bonchev–Trinajstić information content (AvgIpc) is 3.28. The summed E-state index contributed by atoms with van der Waals surface area (Å²) in [5.74, 6) is 0.342. The lowest BCUT2D eigenvalue weighted by Crippen LogP contribution is -2.26. The summed E-state index contributed by atoms with van der Waals surface area (Å²) in [6.07, 6.45) is 5.51. The maximum absolute atomic E-state index is 12.8. The van der Waals surface area contributed by atoms with Gasteiger partial charge in [0.15, 0.2) is 0 Å². The Morgan fingerprint density at radius 3 is 2.78 bits per heavy atom. The molecule has 4 aromatic rings. The summed E-state index contributed by atoms with van der Waals surface area (Å²) in [6.45, 7) is 2.90. The van der Waals surface area contributed by atoms with E-state index in [0.717, 1.165) is 46.9 Å². The van der Waals surface area contributed by atoms with Crippen molar-refractivity contribution < 1.29 is 4.21 Å². The molecule has 32 heavy (non-hydrogen) atoms. The maximum Gasteiger partial charge on any atom is 0.257 e. The van der Waals surface area contributed by atoms with E-state index >= 15 is 0 Å². The molecule has 5 nitrogen and oxygen atoms in total. The van der Waals surface area contributed by atoms with Crippen molar-refractivity contribution in [3.8, 4) is 11.3 Å². The Labute approximate surface area is 192 Å². The largest absolute Gasteiger partial charge is 0.321 e. The molecule has 0 fully saturated rings. The number of nitrogens with zero attached hydrogens (tertiary/aromatic N) is 2. The first-order valence-corrected chi connectivity index (χ1v) is 12.8. The minimum absolute atomic E-state index is 0.156. The number of hydrogen-bond acceptors (Lipinski definition) is 5. The van der Waals surface area contributed by atoms with E-state index in [4.69, 9.17) is 0 Å². The van der Waals surface area contributed by atoms with Gasteiger partial charge in [-0.1, -0.05) is 42.5 Å². The molecule has 162 valence electrons. The van der Waals surface area contributed by atoms with Crippen LogP contribution in [0.15, 0.2) is 81.8 Å². The smallest absolute Gasteiger partial charge is 0.257 e. The number of aromatic amines is 1. The molecule has 0 saturated heterocycles. The van der Waals surface area contributed by atoms with E-state index in [1.54, 1.807) is 0 Å². The average molecular weight is 462 g/mol. The van der Waals surface area contributed by atoms with Gasteiger partial charge in [-0.2, -0.15) is 0 Å². The third-order valence-electron chi connectivity index (χ3n) is 5.55. The van der Waals surface area contributed by atoms with E-state index in [1.165, 1.54) is 16.9 Å². The second kappa shape index (κ2) is 9.32. The Hall–Kier alpha value is -2.87. The first-order chi connectivity index (χ1) is 15.7. The van der Waals surface area contributed by atoms with Gasteiger partial charge in [0, 0.05) is 35.4 Å². The Morgan fingerprint density at radius 2 is 1.97 bits per heavy atom. The lowest BCUT2D eigenvalue weighted by molar-refractivity contribution is 0.291. The van der Waals surface area contributed by atoms with Crippen molar-refractivity contribution in [2.24, 2.45) is 0 Å². The molecule has 0 spiro atoms. The molecule has 0 radical (unpaired) electrons. The second-order valence-electron chi connectivity index (χ2n) is 7.86. The monoisotopic (exact) mass is 461 g/mol. The molecule has 1 aliphatic rings. The standard InChI is InChI=1S/C25H23N3O2S2/c29-25-21(23-16-31-24(26-23)17-32(30)20-7-3-1-4-8-20)14-19-10-9-18(13-22(19)27-25)15-28-11-5-2-6-12-28/h1-5,7-10,13-14,16H,6,11-12,15,17H2,(H,27,29). The first kappa shape index (κ1) is 21.0. The highest BCUT2D eigenvalue weighted by Gasteiger charge is 2.13. The molecule has 1 N–H and O–H groups in total. The third kappa shape index (κ3) is 4.65. The normalized spacial score (nSPS) is 15.2. The fourth-order valence-electron chi connectivity index (χ4n) is 3.90. The summed E-state index contributed by atoms with van der Waals surface area (Å²) < 4.78 is 12.6. The predicted molar refractivity (Wildman–Crippen MR) is 131 cm³/mol. The van der Waals surface area contributed by atoms with Crippen molar-refractivity contribution in [1.29, 1.82) is 0 Å². The van der Waals surface area contributed by atoms with Gasteiger partial charge in [-0.25, -0.2) is 4.98 Å². The van der Waals surface area contributed by atoms with Gasteiger partial charge < -0.3 is 4.98 Å². The fourth-order valence-corrected chi connectivity index (χ4v) is 5.99. The van der Waals surface area contributed by atoms with Crippen LogP contribution in [0.25, 0.3) is 22.2 Å². The van der Waals surface area contributed by atoms with Gasteiger partial charge in [0.25, 0.3) is 5.56 Å². The lowest BCUT2D eigenvalue weighted by atomic mass is 10.1. The molecule has 0 bridgehead atoms. The molecule has 0 aliphatic carbocycles. The SMILES string of the molecule is O=c1[nH]c2cc(CN3CC=CCC3)ccc2cc1-c1csc(CS(=O)c2ccccc2)n1. The van der Waals surface area contributed by atoms with Crippen LogP contribution in [0.3, 0.4) is 0 Å². The molecule has 0 saturated carbocycles. The minimum atomic E-state index is -1.16. The number of nitrogens with one attached hydrogen (secondary N) is 1. The number of benzene rings is 2. The van der Waals surface area contributed by atoms with Crippen LogP contribution in [0, 0.1) is 0 Å². The van der Waals surface area contributed by atoms with Crippen molar-refractivity contribution in [1.82, 2.24) is 14.9 Å². The van der Waals surface area contributed by atoms with Gasteiger partial charge in [-0.15, -0.1) is 11.3 Å². The summed E-state index contributed by atoms with van der Waals surface area (Å²) in [7, 11) is -1.16. The Kier molecular flexibility index (Phi) is 6.12. The van der Waals surface area contributed by atoms with Gasteiger partial charge in [-0.3, -0.25) is 13.9 Å². The van der Waals surface area contributed by atoms with E-state index in [0.29, 0.717) is 17.0 Å². The maximum atomic E-state index is 12.8. The molecule has 5 rings (SSSR count). The van der Waals surface area contributed by atoms with Crippen molar-refractivity contribution in [2.75, 3.05) is 13.1 Å². The van der Waals surface area contributed by atoms with E-state index < -0.39 is 10.8 Å². The van der Waals surface area contributed by atoms with Gasteiger partial charge in [0.2, 0.25) is 0 Å². The molecule has 1 aliphatic heterocycles. The van der Waals surface area contributed by atoms with Crippen LogP contribution < -0.4 is 5.56 Å². The van der Waals surface area contributed by atoms with Gasteiger partial charge in [0.1, 0.15) is 5.01 Å². The van der Waals surface area contributed by atoms with Crippen molar-refractivity contribution >= 4 is 33.0 Å². The number of rotatable bonds is 6. The molecule has 7 heteroatoms. The van der Waals surface area contributed by atoms with E-state index in [-0.39, 0.29) is 5.56 Å². The van der Waals surface area contributed by atoms with E-state index in [9.17, 15) is 9.00 Å². The van der Waals surface area contributed by atoms with Crippen LogP contribution in [0.4, 0.5) is 0 Å². The second-order valence-corrected chi connectivity index (χ2v) is 10.3. The molecular weight excluding hydrogens is 438 g/mol. The number of pyridine rings is 1. The number of thiazole rings is 1. The van der Waals surface area contributed by atoms with Crippen molar-refractivity contribution in [3.05, 3.63) is 93.1 Å². The van der Waals surface area contributed by atoms with Crippen LogP contribution >= 0.6 is 11.3 Å². The molecule has 1 unspecified atom stereocenters. The summed E-state index contributed by atoms with van der Waals surface area (Å²) in [4.78, 5) is 23.6. The summed E-state index contributed by atoms with van der Waals surface area (Å²) in [6, 6.07) is 17.5. The zero-order chi connectivity index (χ0) is 21.9. The lowest BCUT2D eigenvalue weighted by Gasteiger charge is -2.23. The van der Waals surface area contributed by atoms with E-state index in [1.807, 2.05) is 41.8 Å². The Morgan fingerprint density at radius 1 is 1.09 bits per heavy atom. The molecule has 3 heterocycles. The minimum Gasteiger partial charge on any atom is -0.321 e. The van der Waals surface area contributed by atoms with Gasteiger partial charge in [0.05, 0.1) is 27.8 Å². The van der Waals surface area contributed by atoms with Crippen molar-refractivity contribution in [2.45, 2.75) is 23.6 Å². The number of H-pyrrole nitrogens is 1. The highest BCUT2D eigenvalue weighted by atomic mass is 32.2. The van der Waals surface area contributed by atoms with Gasteiger partial charge >= 0.3 is 0 Å². The summed E-state index contributed by atoms with van der Waals surface area (Å²) >= 11 is 1.44. The van der Waals surface area contributed by atoms with Crippen LogP contribution in [0.1, 0.15) is 17.0 Å². The zero-order valence-electron chi connectivity index (χ0n) is 17.5. The van der Waals surface area contributed by atoms with Crippen molar-refractivity contribution in [3.63, 3.8) is 0 Å². The fraction of sp³-hybridized carbons (Fsp3) is 0.200. The Bertz CT molecular complexity index is 1360. The zero-order valence-corrected chi connectivity index (χ0v) is 19.1. The highest BCUT2D eigenvalue weighted by molar-refractivity contribution is 7.84. The number of fused-ring (bicyclic) bond motifs is 1. The summed E-state index contributed by atoms with van der Waals surface area (Å²) in [5.41, 5.74) is 3.04. The molecule has 0 amide bonds. The van der Waals surface area contributed by atoms with Crippen LogP contribution in [0.5, 0.6) is 0 Å². The number of aromatic nitrogens is 2. The topological polar surface area (TPSA) is 66.1 Å². The predicted octanol–water partition coefficient (Wildman–Crippen LogP) is 4.72. The highest BCUT2D eigenvalue weighted by Crippen LogP contribution is 2.24. The van der Waals surface area contributed by atoms with Crippen LogP contribution in [-0.4, -0.2) is 32.2 Å². The number of hydrogen-bond donors (Lipinski definition) is 1. The molecule has 2 aromatic carbocycles. The summed E-state index contributed by atoms with van der Waals surface area (Å²) in [5, 5.41) is 3.60.